The van der Waals surface area contributed by atoms with Crippen LogP contribution in [0.4, 0.5) is 5.82 Å². The van der Waals surface area contributed by atoms with Crippen LogP contribution in [0.5, 0.6) is 0 Å². The zero-order valence-corrected chi connectivity index (χ0v) is 9.05. The van der Waals surface area contributed by atoms with Crippen LogP contribution < -0.4 is 4.90 Å². The maximum atomic E-state index is 10.5. The molecule has 0 aromatic carbocycles. The van der Waals surface area contributed by atoms with Crippen molar-refractivity contribution in [2.75, 3.05) is 11.4 Å². The number of hydrogen-bond donors (Lipinski definition) is 1. The van der Waals surface area contributed by atoms with Crippen molar-refractivity contribution >= 4 is 11.8 Å². The largest absolute Gasteiger partial charge is 0.481 e. The third-order valence-electron chi connectivity index (χ3n) is 2.13. The van der Waals surface area contributed by atoms with Crippen molar-refractivity contribution in [2.45, 2.75) is 26.3 Å². The third kappa shape index (κ3) is 3.58. The second kappa shape index (κ2) is 5.34. The highest BCUT2D eigenvalue weighted by Gasteiger charge is 2.12. The Kier molecular flexibility index (Phi) is 4.09. The summed E-state index contributed by atoms with van der Waals surface area (Å²) >= 11 is 0. The molecule has 1 aromatic rings. The lowest BCUT2D eigenvalue weighted by atomic mass is 10.2. The summed E-state index contributed by atoms with van der Waals surface area (Å²) in [6.45, 7) is 4.54. The second-order valence-electron chi connectivity index (χ2n) is 3.62. The van der Waals surface area contributed by atoms with E-state index in [4.69, 9.17) is 5.11 Å². The van der Waals surface area contributed by atoms with Gasteiger partial charge in [0.05, 0.1) is 6.42 Å². The minimum atomic E-state index is -0.781. The molecule has 0 radical (unpaired) electrons. The number of carboxylic acid groups (broad SMARTS) is 1. The Labute approximate surface area is 89.6 Å². The maximum absolute atomic E-state index is 10.5. The minimum absolute atomic E-state index is 0.134. The van der Waals surface area contributed by atoms with E-state index in [1.807, 2.05) is 36.9 Å². The molecule has 82 valence electrons. The molecule has 1 rings (SSSR count). The van der Waals surface area contributed by atoms with E-state index in [2.05, 4.69) is 4.98 Å². The van der Waals surface area contributed by atoms with Gasteiger partial charge in [0, 0.05) is 18.8 Å². The first-order valence-electron chi connectivity index (χ1n) is 5.00. The molecule has 4 nitrogen and oxygen atoms in total. The van der Waals surface area contributed by atoms with Gasteiger partial charge in [-0.3, -0.25) is 4.79 Å². The fourth-order valence-electron chi connectivity index (χ4n) is 1.38. The van der Waals surface area contributed by atoms with Gasteiger partial charge in [0.25, 0.3) is 0 Å². The molecular formula is C11H16N2O2. The lowest BCUT2D eigenvalue weighted by molar-refractivity contribution is -0.136. The van der Waals surface area contributed by atoms with Crippen molar-refractivity contribution in [3.63, 3.8) is 0 Å². The number of anilines is 1. The number of rotatable bonds is 5. The molecule has 0 bridgehead atoms. The Hall–Kier alpha value is -1.58. The average Bonchev–Trinajstić information content (AvgIpc) is 2.18. The topological polar surface area (TPSA) is 53.4 Å². The summed E-state index contributed by atoms with van der Waals surface area (Å²) in [6, 6.07) is 5.89. The fraction of sp³-hybridized carbons (Fsp3) is 0.455. The molecule has 1 N–H and O–H groups in total. The van der Waals surface area contributed by atoms with Crippen LogP contribution >= 0.6 is 0 Å². The summed E-state index contributed by atoms with van der Waals surface area (Å²) in [5, 5.41) is 8.64. The maximum Gasteiger partial charge on any atom is 0.305 e. The molecule has 0 atom stereocenters. The highest BCUT2D eigenvalue weighted by molar-refractivity contribution is 5.67. The van der Waals surface area contributed by atoms with E-state index >= 15 is 0 Å². The zero-order valence-electron chi connectivity index (χ0n) is 9.05. The van der Waals surface area contributed by atoms with Crippen LogP contribution in [0.1, 0.15) is 20.3 Å². The van der Waals surface area contributed by atoms with Gasteiger partial charge in [0.2, 0.25) is 0 Å². The molecule has 0 aliphatic carbocycles. The van der Waals surface area contributed by atoms with Gasteiger partial charge in [0.1, 0.15) is 5.82 Å². The van der Waals surface area contributed by atoms with Gasteiger partial charge < -0.3 is 10.0 Å². The number of carbonyl (C=O) groups is 1. The standard InChI is InChI=1S/C11H16N2O2/c1-9(2)13(8-6-11(14)15)10-5-3-4-7-12-10/h3-5,7,9H,6,8H2,1-2H3,(H,14,15). The third-order valence-corrected chi connectivity index (χ3v) is 2.13. The molecule has 0 amide bonds. The highest BCUT2D eigenvalue weighted by Crippen LogP contribution is 2.13. The van der Waals surface area contributed by atoms with E-state index in [0.29, 0.717) is 6.54 Å². The van der Waals surface area contributed by atoms with Crippen molar-refractivity contribution in [1.82, 2.24) is 4.98 Å². The molecule has 1 heterocycles. The number of carboxylic acids is 1. The summed E-state index contributed by atoms with van der Waals surface area (Å²) in [5.74, 6) is 0.0466. The van der Waals surface area contributed by atoms with Crippen LogP contribution in [-0.2, 0) is 4.79 Å². The van der Waals surface area contributed by atoms with Crippen LogP contribution in [0, 0.1) is 0 Å². The van der Waals surface area contributed by atoms with Crippen molar-refractivity contribution in [3.8, 4) is 0 Å². The van der Waals surface area contributed by atoms with E-state index in [9.17, 15) is 4.79 Å². The van der Waals surface area contributed by atoms with Gasteiger partial charge >= 0.3 is 5.97 Å². The Morgan fingerprint density at radius 1 is 1.53 bits per heavy atom. The number of nitrogens with zero attached hydrogens (tertiary/aromatic N) is 2. The molecule has 1 aromatic heterocycles. The van der Waals surface area contributed by atoms with Gasteiger partial charge in [-0.2, -0.15) is 0 Å². The molecule has 0 spiro atoms. The lowest BCUT2D eigenvalue weighted by Crippen LogP contribution is -2.33. The summed E-state index contributed by atoms with van der Waals surface area (Å²) in [5.41, 5.74) is 0. The van der Waals surface area contributed by atoms with Crippen molar-refractivity contribution in [1.29, 1.82) is 0 Å². The predicted molar refractivity (Wildman–Crippen MR) is 59.0 cm³/mol. The predicted octanol–water partition coefficient (Wildman–Crippen LogP) is 1.77. The van der Waals surface area contributed by atoms with Gasteiger partial charge in [-0.05, 0) is 26.0 Å². The summed E-state index contributed by atoms with van der Waals surface area (Å²) in [7, 11) is 0. The smallest absolute Gasteiger partial charge is 0.305 e. The average molecular weight is 208 g/mol. The molecule has 0 unspecified atom stereocenters. The van der Waals surface area contributed by atoms with Crippen molar-refractivity contribution in [3.05, 3.63) is 24.4 Å². The van der Waals surface area contributed by atoms with Crippen LogP contribution in [0.3, 0.4) is 0 Å². The van der Waals surface area contributed by atoms with Crippen LogP contribution in [0.15, 0.2) is 24.4 Å². The lowest BCUT2D eigenvalue weighted by Gasteiger charge is -2.27. The molecular weight excluding hydrogens is 192 g/mol. The first-order valence-corrected chi connectivity index (χ1v) is 5.00. The quantitative estimate of drug-likeness (QED) is 0.801. The SMILES string of the molecule is CC(C)N(CCC(=O)O)c1ccccn1. The Bertz CT molecular complexity index is 312. The molecule has 0 aliphatic rings. The van der Waals surface area contributed by atoms with E-state index in [-0.39, 0.29) is 12.5 Å². The first kappa shape index (κ1) is 11.5. The molecule has 0 saturated heterocycles. The van der Waals surface area contributed by atoms with E-state index in [1.54, 1.807) is 6.20 Å². The fourth-order valence-corrected chi connectivity index (χ4v) is 1.38. The number of hydrogen-bond acceptors (Lipinski definition) is 3. The molecule has 4 heteroatoms. The van der Waals surface area contributed by atoms with Gasteiger partial charge in [0.15, 0.2) is 0 Å². The summed E-state index contributed by atoms with van der Waals surface area (Å²) < 4.78 is 0. The number of aromatic nitrogens is 1. The van der Waals surface area contributed by atoms with Crippen LogP contribution in [0.2, 0.25) is 0 Å². The first-order chi connectivity index (χ1) is 7.11. The highest BCUT2D eigenvalue weighted by atomic mass is 16.4. The van der Waals surface area contributed by atoms with Crippen molar-refractivity contribution < 1.29 is 9.90 Å². The van der Waals surface area contributed by atoms with E-state index in [1.165, 1.54) is 0 Å². The Balaban J connectivity index is 2.70. The normalized spacial score (nSPS) is 10.3. The molecule has 0 aliphatic heterocycles. The number of pyridine rings is 1. The summed E-state index contributed by atoms with van der Waals surface area (Å²) in [6.07, 6.45) is 1.85. The minimum Gasteiger partial charge on any atom is -0.481 e. The van der Waals surface area contributed by atoms with Crippen molar-refractivity contribution in [2.24, 2.45) is 0 Å². The Morgan fingerprint density at radius 3 is 2.73 bits per heavy atom. The molecule has 15 heavy (non-hydrogen) atoms. The van der Waals surface area contributed by atoms with Gasteiger partial charge in [-0.15, -0.1) is 0 Å². The van der Waals surface area contributed by atoms with Crippen LogP contribution in [0.25, 0.3) is 0 Å². The zero-order chi connectivity index (χ0) is 11.3. The monoisotopic (exact) mass is 208 g/mol. The molecule has 0 saturated carbocycles. The van der Waals surface area contributed by atoms with Crippen LogP contribution in [-0.4, -0.2) is 28.6 Å². The van der Waals surface area contributed by atoms with Gasteiger partial charge in [-0.25, -0.2) is 4.98 Å². The Morgan fingerprint density at radius 2 is 2.27 bits per heavy atom. The van der Waals surface area contributed by atoms with E-state index < -0.39 is 5.97 Å². The second-order valence-corrected chi connectivity index (χ2v) is 3.62. The van der Waals surface area contributed by atoms with E-state index in [0.717, 1.165) is 5.82 Å². The molecule has 0 fully saturated rings. The van der Waals surface area contributed by atoms with Gasteiger partial charge in [-0.1, -0.05) is 6.07 Å². The summed E-state index contributed by atoms with van der Waals surface area (Å²) in [4.78, 5) is 16.7. The number of aliphatic carboxylic acids is 1.